The summed E-state index contributed by atoms with van der Waals surface area (Å²) in [5.41, 5.74) is 0. The van der Waals surface area contributed by atoms with Crippen molar-refractivity contribution in [1.82, 2.24) is 4.90 Å². The Morgan fingerprint density at radius 3 is 2.87 bits per heavy atom. The summed E-state index contributed by atoms with van der Waals surface area (Å²) in [6, 6.07) is 0. The van der Waals surface area contributed by atoms with Crippen LogP contribution in [-0.2, 0) is 4.79 Å². The lowest BCUT2D eigenvalue weighted by Gasteiger charge is -2.28. The van der Waals surface area contributed by atoms with Crippen molar-refractivity contribution in [1.29, 1.82) is 0 Å². The molecule has 0 aromatic rings. The Morgan fingerprint density at radius 2 is 2.27 bits per heavy atom. The van der Waals surface area contributed by atoms with Crippen LogP contribution in [0.1, 0.15) is 32.1 Å². The standard InChI is InChI=1S/C11H17F2NO/c12-11(13)4-3-9(6-11)7-14-5-1-2-10(15)8-14/h9H,1-8H2. The average molecular weight is 217 g/mol. The molecule has 0 radical (unpaired) electrons. The number of hydrogen-bond acceptors (Lipinski definition) is 2. The Balaban J connectivity index is 1.80. The van der Waals surface area contributed by atoms with Crippen molar-refractivity contribution in [3.63, 3.8) is 0 Å². The minimum absolute atomic E-state index is 0.0116. The smallest absolute Gasteiger partial charge is 0.248 e. The third-order valence-corrected chi connectivity index (χ3v) is 3.35. The maximum atomic E-state index is 12.9. The van der Waals surface area contributed by atoms with E-state index < -0.39 is 5.92 Å². The minimum atomic E-state index is -2.45. The molecule has 1 unspecified atom stereocenters. The van der Waals surface area contributed by atoms with E-state index in [1.54, 1.807) is 0 Å². The van der Waals surface area contributed by atoms with Crippen molar-refractivity contribution in [3.05, 3.63) is 0 Å². The summed E-state index contributed by atoms with van der Waals surface area (Å²) < 4.78 is 25.9. The number of halogens is 2. The third kappa shape index (κ3) is 2.97. The molecule has 15 heavy (non-hydrogen) atoms. The molecular formula is C11H17F2NO. The third-order valence-electron chi connectivity index (χ3n) is 3.35. The molecule has 86 valence electrons. The van der Waals surface area contributed by atoms with Crippen LogP contribution in [0.4, 0.5) is 8.78 Å². The Morgan fingerprint density at radius 1 is 1.47 bits per heavy atom. The summed E-state index contributed by atoms with van der Waals surface area (Å²) >= 11 is 0. The number of ketones is 1. The Bertz CT molecular complexity index is 255. The second-order valence-electron chi connectivity index (χ2n) is 4.84. The quantitative estimate of drug-likeness (QED) is 0.706. The van der Waals surface area contributed by atoms with Crippen LogP contribution in [0, 0.1) is 5.92 Å². The van der Waals surface area contributed by atoms with Crippen LogP contribution < -0.4 is 0 Å². The molecule has 0 aromatic carbocycles. The summed E-state index contributed by atoms with van der Waals surface area (Å²) in [6.45, 7) is 2.05. The highest BCUT2D eigenvalue weighted by Gasteiger charge is 2.40. The number of likely N-dealkylation sites (tertiary alicyclic amines) is 1. The molecule has 0 aromatic heterocycles. The van der Waals surface area contributed by atoms with E-state index in [-0.39, 0.29) is 24.5 Å². The van der Waals surface area contributed by atoms with Crippen LogP contribution in [0.5, 0.6) is 0 Å². The molecule has 2 fully saturated rings. The van der Waals surface area contributed by atoms with E-state index >= 15 is 0 Å². The fraction of sp³-hybridized carbons (Fsp3) is 0.909. The second kappa shape index (κ2) is 4.16. The molecule has 0 bridgehead atoms. The summed E-state index contributed by atoms with van der Waals surface area (Å²) in [4.78, 5) is 13.2. The zero-order valence-electron chi connectivity index (χ0n) is 8.85. The summed E-state index contributed by atoms with van der Waals surface area (Å²) in [7, 11) is 0. The van der Waals surface area contributed by atoms with Gasteiger partial charge in [-0.1, -0.05) is 0 Å². The maximum absolute atomic E-state index is 12.9. The van der Waals surface area contributed by atoms with Crippen molar-refractivity contribution in [2.75, 3.05) is 19.6 Å². The highest BCUT2D eigenvalue weighted by molar-refractivity contribution is 5.81. The average Bonchev–Trinajstić information content (AvgIpc) is 2.45. The second-order valence-corrected chi connectivity index (χ2v) is 4.84. The molecule has 2 rings (SSSR count). The van der Waals surface area contributed by atoms with E-state index in [0.29, 0.717) is 25.9 Å². The van der Waals surface area contributed by atoms with E-state index in [0.717, 1.165) is 13.0 Å². The number of alkyl halides is 2. The van der Waals surface area contributed by atoms with Gasteiger partial charge in [0, 0.05) is 25.8 Å². The first kappa shape index (κ1) is 11.0. The lowest BCUT2D eigenvalue weighted by atomic mass is 10.0. The van der Waals surface area contributed by atoms with Crippen molar-refractivity contribution in [2.45, 2.75) is 38.0 Å². The molecular weight excluding hydrogens is 200 g/mol. The van der Waals surface area contributed by atoms with Gasteiger partial charge in [-0.05, 0) is 25.3 Å². The zero-order valence-corrected chi connectivity index (χ0v) is 8.85. The molecule has 1 heterocycles. The molecule has 0 spiro atoms. The van der Waals surface area contributed by atoms with E-state index in [9.17, 15) is 13.6 Å². The van der Waals surface area contributed by atoms with Gasteiger partial charge in [0.25, 0.3) is 0 Å². The van der Waals surface area contributed by atoms with Crippen LogP contribution >= 0.6 is 0 Å². The highest BCUT2D eigenvalue weighted by atomic mass is 19.3. The van der Waals surface area contributed by atoms with Gasteiger partial charge in [-0.25, -0.2) is 8.78 Å². The number of piperidine rings is 1. The Hall–Kier alpha value is -0.510. The minimum Gasteiger partial charge on any atom is -0.298 e. The zero-order chi connectivity index (χ0) is 10.9. The van der Waals surface area contributed by atoms with E-state index in [4.69, 9.17) is 0 Å². The highest BCUT2D eigenvalue weighted by Crippen LogP contribution is 2.39. The normalized spacial score (nSPS) is 32.1. The first-order chi connectivity index (χ1) is 7.05. The van der Waals surface area contributed by atoms with Gasteiger partial charge in [0.2, 0.25) is 5.92 Å². The number of carbonyl (C=O) groups excluding carboxylic acids is 1. The summed E-state index contributed by atoms with van der Waals surface area (Å²) in [6.07, 6.45) is 2.20. The monoisotopic (exact) mass is 217 g/mol. The van der Waals surface area contributed by atoms with Gasteiger partial charge in [-0.3, -0.25) is 9.69 Å². The first-order valence-corrected chi connectivity index (χ1v) is 5.67. The van der Waals surface area contributed by atoms with E-state index in [1.165, 1.54) is 0 Å². The van der Waals surface area contributed by atoms with E-state index in [1.807, 2.05) is 4.90 Å². The molecule has 0 amide bonds. The predicted molar refractivity (Wildman–Crippen MR) is 53.0 cm³/mol. The van der Waals surface area contributed by atoms with Gasteiger partial charge in [-0.2, -0.15) is 0 Å². The Labute approximate surface area is 88.6 Å². The molecule has 1 aliphatic heterocycles. The predicted octanol–water partition coefficient (Wildman–Crippen LogP) is 2.09. The molecule has 4 heteroatoms. The molecule has 1 saturated carbocycles. The first-order valence-electron chi connectivity index (χ1n) is 5.67. The molecule has 1 atom stereocenters. The summed E-state index contributed by atoms with van der Waals surface area (Å²) in [5, 5.41) is 0. The molecule has 0 N–H and O–H groups in total. The topological polar surface area (TPSA) is 20.3 Å². The number of rotatable bonds is 2. The lowest BCUT2D eigenvalue weighted by Crippen LogP contribution is -2.38. The molecule has 2 nitrogen and oxygen atoms in total. The fourth-order valence-corrected chi connectivity index (χ4v) is 2.63. The molecule has 1 aliphatic carbocycles. The van der Waals surface area contributed by atoms with Gasteiger partial charge in [0.1, 0.15) is 5.78 Å². The SMILES string of the molecule is O=C1CCCN(CC2CCC(F)(F)C2)C1. The maximum Gasteiger partial charge on any atom is 0.248 e. The van der Waals surface area contributed by atoms with Crippen LogP contribution in [0.2, 0.25) is 0 Å². The number of carbonyl (C=O) groups is 1. The van der Waals surface area contributed by atoms with E-state index in [2.05, 4.69) is 0 Å². The van der Waals surface area contributed by atoms with Gasteiger partial charge < -0.3 is 0 Å². The molecule has 1 saturated heterocycles. The van der Waals surface area contributed by atoms with Gasteiger partial charge in [-0.15, -0.1) is 0 Å². The largest absolute Gasteiger partial charge is 0.298 e. The summed E-state index contributed by atoms with van der Waals surface area (Å²) in [5.74, 6) is -2.11. The number of nitrogens with zero attached hydrogens (tertiary/aromatic N) is 1. The van der Waals surface area contributed by atoms with Crippen LogP contribution in [0.25, 0.3) is 0 Å². The van der Waals surface area contributed by atoms with Crippen LogP contribution in [0.3, 0.4) is 0 Å². The van der Waals surface area contributed by atoms with Crippen molar-refractivity contribution in [3.8, 4) is 0 Å². The van der Waals surface area contributed by atoms with Gasteiger partial charge in [0.05, 0.1) is 6.54 Å². The van der Waals surface area contributed by atoms with Crippen LogP contribution in [0.15, 0.2) is 0 Å². The van der Waals surface area contributed by atoms with Gasteiger partial charge >= 0.3 is 0 Å². The number of Topliss-reactive ketones (excluding diaryl/α,β-unsaturated/α-hetero) is 1. The van der Waals surface area contributed by atoms with Crippen LogP contribution in [-0.4, -0.2) is 36.2 Å². The van der Waals surface area contributed by atoms with Crippen molar-refractivity contribution in [2.24, 2.45) is 5.92 Å². The molecule has 2 aliphatic rings. The van der Waals surface area contributed by atoms with Gasteiger partial charge in [0.15, 0.2) is 0 Å². The lowest BCUT2D eigenvalue weighted by molar-refractivity contribution is -0.122. The van der Waals surface area contributed by atoms with Crippen molar-refractivity contribution < 1.29 is 13.6 Å². The van der Waals surface area contributed by atoms with Crippen molar-refractivity contribution >= 4 is 5.78 Å². The Kier molecular flexibility index (Phi) is 3.05. The fourth-order valence-electron chi connectivity index (χ4n) is 2.63. The number of hydrogen-bond donors (Lipinski definition) is 0.